The summed E-state index contributed by atoms with van der Waals surface area (Å²) in [5.41, 5.74) is 0. The highest BCUT2D eigenvalue weighted by atomic mass is 79.9. The van der Waals surface area contributed by atoms with E-state index in [1.807, 2.05) is 0 Å². The summed E-state index contributed by atoms with van der Waals surface area (Å²) in [7, 11) is -2.78. The monoisotopic (exact) mass is 226 g/mol. The van der Waals surface area contributed by atoms with E-state index in [-0.39, 0.29) is 10.5 Å². The largest absolute Gasteiger partial charge is 0.228 e. The first kappa shape index (κ1) is 8.53. The lowest BCUT2D eigenvalue weighted by Gasteiger charge is -2.09. The van der Waals surface area contributed by atoms with E-state index in [4.69, 9.17) is 0 Å². The van der Waals surface area contributed by atoms with E-state index in [0.717, 1.165) is 12.8 Å². The molecule has 1 rings (SSSR count). The Hall–Kier alpha value is 0.430. The zero-order chi connectivity index (χ0) is 7.83. The topological polar surface area (TPSA) is 34.1 Å². The first-order chi connectivity index (χ1) is 4.58. The molecule has 0 aromatic carbocycles. The van der Waals surface area contributed by atoms with Crippen molar-refractivity contribution in [2.75, 3.05) is 11.1 Å². The Morgan fingerprint density at radius 3 is 2.10 bits per heavy atom. The van der Waals surface area contributed by atoms with Gasteiger partial charge in [-0.25, -0.2) is 8.42 Å². The van der Waals surface area contributed by atoms with Crippen molar-refractivity contribution < 1.29 is 8.42 Å². The maximum absolute atomic E-state index is 11.3. The van der Waals surface area contributed by atoms with Gasteiger partial charge in [0, 0.05) is 11.1 Å². The van der Waals surface area contributed by atoms with E-state index in [1.54, 1.807) is 6.92 Å². The van der Waals surface area contributed by atoms with Crippen LogP contribution >= 0.6 is 15.9 Å². The molecule has 0 heterocycles. The number of alkyl halides is 1. The van der Waals surface area contributed by atoms with Crippen molar-refractivity contribution in [3.05, 3.63) is 0 Å². The summed E-state index contributed by atoms with van der Waals surface area (Å²) in [6.07, 6.45) is 1.68. The Balaban J connectivity index is 2.83. The maximum atomic E-state index is 11.3. The molecule has 0 atom stereocenters. The Labute approximate surface area is 70.1 Å². The fraction of sp³-hybridized carbons (Fsp3) is 1.00. The van der Waals surface area contributed by atoms with Crippen molar-refractivity contribution in [3.63, 3.8) is 0 Å². The zero-order valence-corrected chi connectivity index (χ0v) is 8.33. The molecule has 1 aliphatic carbocycles. The Morgan fingerprint density at radius 2 is 2.00 bits per heavy atom. The van der Waals surface area contributed by atoms with Gasteiger partial charge in [-0.05, 0) is 12.8 Å². The average molecular weight is 227 g/mol. The molecule has 0 radical (unpaired) electrons. The molecule has 2 nitrogen and oxygen atoms in total. The van der Waals surface area contributed by atoms with Crippen molar-refractivity contribution in [2.45, 2.75) is 24.5 Å². The van der Waals surface area contributed by atoms with Crippen LogP contribution < -0.4 is 0 Å². The van der Waals surface area contributed by atoms with Crippen LogP contribution in [0.1, 0.15) is 19.8 Å². The van der Waals surface area contributed by atoms with Crippen LogP contribution in [0.2, 0.25) is 0 Å². The van der Waals surface area contributed by atoms with Gasteiger partial charge in [0.2, 0.25) is 0 Å². The SMILES string of the molecule is CCS(=O)(=O)C1(CBr)CC1. The number of hydrogen-bond donors (Lipinski definition) is 0. The summed E-state index contributed by atoms with van der Waals surface area (Å²) in [6, 6.07) is 0. The third kappa shape index (κ3) is 1.11. The van der Waals surface area contributed by atoms with E-state index in [2.05, 4.69) is 15.9 Å². The number of halogens is 1. The fourth-order valence-electron chi connectivity index (χ4n) is 0.973. The van der Waals surface area contributed by atoms with Crippen LogP contribution in [0, 0.1) is 0 Å². The highest BCUT2D eigenvalue weighted by molar-refractivity contribution is 9.09. The summed E-state index contributed by atoms with van der Waals surface area (Å²) in [6.45, 7) is 1.71. The van der Waals surface area contributed by atoms with Crippen molar-refractivity contribution in [3.8, 4) is 0 Å². The summed E-state index contributed by atoms with van der Waals surface area (Å²) >= 11 is 3.23. The zero-order valence-electron chi connectivity index (χ0n) is 5.93. The maximum Gasteiger partial charge on any atom is 0.156 e. The summed E-state index contributed by atoms with van der Waals surface area (Å²) < 4.78 is 22.2. The molecule has 1 fully saturated rings. The highest BCUT2D eigenvalue weighted by Gasteiger charge is 2.52. The molecule has 10 heavy (non-hydrogen) atoms. The molecule has 0 N–H and O–H groups in total. The van der Waals surface area contributed by atoms with Crippen LogP contribution in [0.25, 0.3) is 0 Å². The lowest BCUT2D eigenvalue weighted by molar-refractivity contribution is 0.584. The Morgan fingerprint density at radius 1 is 1.50 bits per heavy atom. The molecular weight excluding hydrogens is 216 g/mol. The fourth-order valence-corrected chi connectivity index (χ4v) is 4.08. The van der Waals surface area contributed by atoms with Crippen LogP contribution in [-0.4, -0.2) is 24.2 Å². The van der Waals surface area contributed by atoms with Crippen molar-refractivity contribution in [1.29, 1.82) is 0 Å². The smallest absolute Gasteiger partial charge is 0.156 e. The van der Waals surface area contributed by atoms with Crippen molar-refractivity contribution in [1.82, 2.24) is 0 Å². The number of sulfone groups is 1. The molecule has 0 aliphatic heterocycles. The van der Waals surface area contributed by atoms with Gasteiger partial charge in [0.1, 0.15) is 0 Å². The van der Waals surface area contributed by atoms with Crippen LogP contribution in [0.3, 0.4) is 0 Å². The van der Waals surface area contributed by atoms with Crippen molar-refractivity contribution >= 4 is 25.8 Å². The van der Waals surface area contributed by atoms with Gasteiger partial charge in [-0.15, -0.1) is 0 Å². The lowest BCUT2D eigenvalue weighted by Crippen LogP contribution is -2.26. The second kappa shape index (κ2) is 2.48. The molecule has 0 saturated heterocycles. The standard InChI is InChI=1S/C6H11BrO2S/c1-2-10(8,9)6(5-7)3-4-6/h2-5H2,1H3. The molecule has 0 bridgehead atoms. The first-order valence-electron chi connectivity index (χ1n) is 3.36. The molecule has 1 aliphatic rings. The van der Waals surface area contributed by atoms with Gasteiger partial charge in [-0.2, -0.15) is 0 Å². The number of rotatable bonds is 3. The van der Waals surface area contributed by atoms with Crippen LogP contribution in [0.15, 0.2) is 0 Å². The quantitative estimate of drug-likeness (QED) is 0.682. The molecule has 0 aromatic heterocycles. The van der Waals surface area contributed by atoms with Crippen LogP contribution in [0.5, 0.6) is 0 Å². The van der Waals surface area contributed by atoms with Crippen LogP contribution in [0.4, 0.5) is 0 Å². The average Bonchev–Trinajstić information content (AvgIpc) is 2.67. The van der Waals surface area contributed by atoms with Gasteiger partial charge in [0.05, 0.1) is 4.75 Å². The summed E-state index contributed by atoms with van der Waals surface area (Å²) in [5.74, 6) is 0.276. The third-order valence-corrected chi connectivity index (χ3v) is 6.17. The lowest BCUT2D eigenvalue weighted by atomic mass is 10.5. The molecule has 0 unspecified atom stereocenters. The predicted molar refractivity (Wildman–Crippen MR) is 45.2 cm³/mol. The molecule has 0 amide bonds. The third-order valence-electron chi connectivity index (χ3n) is 2.09. The summed E-state index contributed by atoms with van der Waals surface area (Å²) in [4.78, 5) is 0. The van der Waals surface area contributed by atoms with E-state index in [9.17, 15) is 8.42 Å². The van der Waals surface area contributed by atoms with E-state index in [1.165, 1.54) is 0 Å². The van der Waals surface area contributed by atoms with E-state index >= 15 is 0 Å². The molecule has 0 spiro atoms. The molecule has 1 saturated carbocycles. The Bertz CT molecular complexity index is 216. The van der Waals surface area contributed by atoms with E-state index in [0.29, 0.717) is 5.33 Å². The molecule has 4 heteroatoms. The molecule has 60 valence electrons. The molecular formula is C6H11BrO2S. The van der Waals surface area contributed by atoms with Crippen molar-refractivity contribution in [2.24, 2.45) is 0 Å². The van der Waals surface area contributed by atoms with Gasteiger partial charge in [-0.3, -0.25) is 0 Å². The second-order valence-corrected chi connectivity index (χ2v) is 5.95. The van der Waals surface area contributed by atoms with Gasteiger partial charge < -0.3 is 0 Å². The van der Waals surface area contributed by atoms with Gasteiger partial charge in [0.25, 0.3) is 0 Å². The minimum Gasteiger partial charge on any atom is -0.228 e. The van der Waals surface area contributed by atoms with Gasteiger partial charge in [-0.1, -0.05) is 22.9 Å². The minimum atomic E-state index is -2.78. The Kier molecular flexibility index (Phi) is 2.12. The van der Waals surface area contributed by atoms with Crippen LogP contribution in [-0.2, 0) is 9.84 Å². The first-order valence-corrected chi connectivity index (χ1v) is 6.13. The normalized spacial score (nSPS) is 22.6. The second-order valence-electron chi connectivity index (χ2n) is 2.72. The summed E-state index contributed by atoms with van der Waals surface area (Å²) in [5, 5.41) is 0.607. The van der Waals surface area contributed by atoms with Gasteiger partial charge in [0.15, 0.2) is 9.84 Å². The van der Waals surface area contributed by atoms with Gasteiger partial charge >= 0.3 is 0 Å². The minimum absolute atomic E-state index is 0.276. The van der Waals surface area contributed by atoms with E-state index < -0.39 is 9.84 Å². The number of hydrogen-bond acceptors (Lipinski definition) is 2. The molecule has 0 aromatic rings. The highest BCUT2D eigenvalue weighted by Crippen LogP contribution is 2.45. The predicted octanol–water partition coefficient (Wildman–Crippen LogP) is 1.35.